The first kappa shape index (κ1) is 13.8. The molecule has 2 atom stereocenters. The summed E-state index contributed by atoms with van der Waals surface area (Å²) in [5, 5.41) is 32.5. The molecule has 0 spiro atoms. The van der Waals surface area contributed by atoms with Crippen LogP contribution in [0.5, 0.6) is 0 Å². The van der Waals surface area contributed by atoms with E-state index in [-0.39, 0.29) is 41.3 Å². The molecule has 0 aliphatic rings. The average molecular weight is 291 g/mol. The van der Waals surface area contributed by atoms with Crippen molar-refractivity contribution in [2.24, 2.45) is 0 Å². The van der Waals surface area contributed by atoms with E-state index in [1.54, 1.807) is 0 Å². The first-order valence-corrected chi connectivity index (χ1v) is 2.28. The normalized spacial score (nSPS) is 14.4. The zero-order valence-electron chi connectivity index (χ0n) is 5.34. The SMILES string of the molecule is O=C(O)C(O)C(O)C(=O)O.[Pr]. The van der Waals surface area contributed by atoms with Gasteiger partial charge in [0, 0.05) is 41.3 Å². The Bertz CT molecular complexity index is 139. The Labute approximate surface area is 94.8 Å². The Morgan fingerprint density at radius 3 is 1.18 bits per heavy atom. The number of carboxylic acid groups (broad SMARTS) is 2. The molecule has 61 valence electrons. The van der Waals surface area contributed by atoms with Gasteiger partial charge in [-0.25, -0.2) is 9.59 Å². The van der Waals surface area contributed by atoms with Crippen molar-refractivity contribution < 1.29 is 71.3 Å². The second kappa shape index (κ2) is 5.82. The van der Waals surface area contributed by atoms with Gasteiger partial charge in [0.25, 0.3) is 0 Å². The summed E-state index contributed by atoms with van der Waals surface area (Å²) in [5.74, 6) is -3.54. The molecule has 7 heteroatoms. The molecular weight excluding hydrogens is 285 g/mol. The number of hydrogen-bond acceptors (Lipinski definition) is 4. The predicted molar refractivity (Wildman–Crippen MR) is 27.3 cm³/mol. The number of carboxylic acids is 2. The summed E-state index contributed by atoms with van der Waals surface area (Å²) in [5.41, 5.74) is 0. The maximum atomic E-state index is 9.77. The van der Waals surface area contributed by atoms with Crippen LogP contribution in [0.3, 0.4) is 0 Å². The van der Waals surface area contributed by atoms with E-state index in [2.05, 4.69) is 0 Å². The van der Waals surface area contributed by atoms with Gasteiger partial charge in [0.15, 0.2) is 12.2 Å². The molecule has 0 bridgehead atoms. The van der Waals surface area contributed by atoms with Crippen LogP contribution in [0, 0.1) is 41.3 Å². The van der Waals surface area contributed by atoms with Crippen LogP contribution in [0.15, 0.2) is 0 Å². The molecule has 0 fully saturated rings. The fourth-order valence-corrected chi connectivity index (χ4v) is 0.270. The van der Waals surface area contributed by atoms with Gasteiger partial charge in [0.2, 0.25) is 0 Å². The van der Waals surface area contributed by atoms with Gasteiger partial charge in [-0.2, -0.15) is 0 Å². The molecule has 11 heavy (non-hydrogen) atoms. The van der Waals surface area contributed by atoms with Gasteiger partial charge in [-0.1, -0.05) is 0 Å². The minimum Gasteiger partial charge on any atom is -0.479 e. The topological polar surface area (TPSA) is 115 Å². The minimum absolute atomic E-state index is 0. The van der Waals surface area contributed by atoms with Crippen LogP contribution >= 0.6 is 0 Å². The fraction of sp³-hybridized carbons (Fsp3) is 0.500. The molecule has 0 saturated carbocycles. The molecule has 0 aromatic rings. The van der Waals surface area contributed by atoms with E-state index in [4.69, 9.17) is 20.4 Å². The number of carbonyl (C=O) groups is 2. The first-order valence-electron chi connectivity index (χ1n) is 2.28. The van der Waals surface area contributed by atoms with Crippen LogP contribution in [-0.4, -0.2) is 44.6 Å². The van der Waals surface area contributed by atoms with Gasteiger partial charge >= 0.3 is 11.9 Å². The van der Waals surface area contributed by atoms with Crippen molar-refractivity contribution in [3.8, 4) is 0 Å². The van der Waals surface area contributed by atoms with Crippen molar-refractivity contribution in [3.05, 3.63) is 0 Å². The standard InChI is InChI=1S/C4H6O6.Pr/c5-1(3(7)8)2(6)4(9)10;/h1-2,5-6H,(H,7,8)(H,9,10);. The fourth-order valence-electron chi connectivity index (χ4n) is 0.270. The van der Waals surface area contributed by atoms with E-state index in [0.29, 0.717) is 0 Å². The molecule has 0 rings (SSSR count). The number of rotatable bonds is 3. The van der Waals surface area contributed by atoms with E-state index >= 15 is 0 Å². The van der Waals surface area contributed by atoms with Crippen LogP contribution in [0.4, 0.5) is 0 Å². The number of hydrogen-bond donors (Lipinski definition) is 4. The van der Waals surface area contributed by atoms with Crippen molar-refractivity contribution >= 4 is 11.9 Å². The minimum atomic E-state index is -2.27. The molecule has 6 nitrogen and oxygen atoms in total. The van der Waals surface area contributed by atoms with Gasteiger partial charge in [0.1, 0.15) is 0 Å². The van der Waals surface area contributed by atoms with Gasteiger partial charge in [-0.3, -0.25) is 0 Å². The smallest absolute Gasteiger partial charge is 0.335 e. The molecular formula is C4H6O6Pr. The summed E-state index contributed by atoms with van der Waals surface area (Å²) in [6.45, 7) is 0. The van der Waals surface area contributed by atoms with E-state index in [1.807, 2.05) is 0 Å². The Hall–Kier alpha value is 0.224. The Kier molecular flexibility index (Phi) is 7.30. The third-order valence-corrected chi connectivity index (χ3v) is 0.805. The molecule has 0 saturated heterocycles. The molecule has 0 aromatic heterocycles. The largest absolute Gasteiger partial charge is 0.479 e. The zero-order chi connectivity index (χ0) is 8.31. The molecule has 4 N–H and O–H groups in total. The summed E-state index contributed by atoms with van der Waals surface area (Å²) in [6, 6.07) is 0. The van der Waals surface area contributed by atoms with E-state index in [0.717, 1.165) is 0 Å². The molecule has 0 amide bonds. The Morgan fingerprint density at radius 2 is 1.09 bits per heavy atom. The zero-order valence-corrected chi connectivity index (χ0v) is 9.04. The van der Waals surface area contributed by atoms with Crippen molar-refractivity contribution in [1.82, 2.24) is 0 Å². The maximum absolute atomic E-state index is 9.77. The third-order valence-electron chi connectivity index (χ3n) is 0.805. The number of aliphatic hydroxyl groups is 2. The first-order chi connectivity index (χ1) is 4.46. The summed E-state index contributed by atoms with van der Waals surface area (Å²) in [4.78, 5) is 19.5. The molecule has 2 unspecified atom stereocenters. The van der Waals surface area contributed by atoms with Gasteiger partial charge in [-0.15, -0.1) is 0 Å². The van der Waals surface area contributed by atoms with Crippen molar-refractivity contribution in [3.63, 3.8) is 0 Å². The summed E-state index contributed by atoms with van der Waals surface area (Å²) in [7, 11) is 0. The summed E-state index contributed by atoms with van der Waals surface area (Å²) >= 11 is 0. The predicted octanol–water partition coefficient (Wildman–Crippen LogP) is -2.12. The number of aliphatic hydroxyl groups excluding tert-OH is 2. The van der Waals surface area contributed by atoms with E-state index in [9.17, 15) is 9.59 Å². The van der Waals surface area contributed by atoms with Crippen LogP contribution < -0.4 is 0 Å². The Balaban J connectivity index is 0. The Morgan fingerprint density at radius 1 is 0.909 bits per heavy atom. The third kappa shape index (κ3) is 4.63. The van der Waals surface area contributed by atoms with Gasteiger partial charge < -0.3 is 20.4 Å². The maximum Gasteiger partial charge on any atom is 0.335 e. The second-order valence-corrected chi connectivity index (χ2v) is 1.57. The van der Waals surface area contributed by atoms with Gasteiger partial charge in [0.05, 0.1) is 0 Å². The van der Waals surface area contributed by atoms with E-state index in [1.165, 1.54) is 0 Å². The molecule has 0 heterocycles. The number of aliphatic carboxylic acids is 2. The molecule has 0 aliphatic carbocycles. The van der Waals surface area contributed by atoms with E-state index < -0.39 is 24.1 Å². The van der Waals surface area contributed by atoms with Crippen molar-refractivity contribution in [2.45, 2.75) is 12.2 Å². The van der Waals surface area contributed by atoms with Crippen LogP contribution in [0.2, 0.25) is 0 Å². The molecule has 0 aliphatic heterocycles. The molecule has 1 radical (unpaired) electrons. The van der Waals surface area contributed by atoms with Crippen molar-refractivity contribution in [1.29, 1.82) is 0 Å². The average Bonchev–Trinajstić information content (AvgIpc) is 1.84. The quantitative estimate of drug-likeness (QED) is 0.472. The summed E-state index contributed by atoms with van der Waals surface area (Å²) in [6.07, 6.45) is -4.53. The van der Waals surface area contributed by atoms with Gasteiger partial charge in [-0.05, 0) is 0 Å². The van der Waals surface area contributed by atoms with Crippen molar-refractivity contribution in [2.75, 3.05) is 0 Å². The second-order valence-electron chi connectivity index (χ2n) is 1.57. The summed E-state index contributed by atoms with van der Waals surface area (Å²) < 4.78 is 0. The van der Waals surface area contributed by atoms with Crippen LogP contribution in [0.1, 0.15) is 0 Å². The molecule has 0 aromatic carbocycles. The van der Waals surface area contributed by atoms with Crippen LogP contribution in [0.25, 0.3) is 0 Å². The monoisotopic (exact) mass is 291 g/mol. The van der Waals surface area contributed by atoms with Crippen LogP contribution in [-0.2, 0) is 9.59 Å².